The summed E-state index contributed by atoms with van der Waals surface area (Å²) in [6, 6.07) is 5.39. The van der Waals surface area contributed by atoms with E-state index in [1.54, 1.807) is 6.07 Å². The third kappa shape index (κ3) is 3.46. The summed E-state index contributed by atoms with van der Waals surface area (Å²) in [6.45, 7) is 5.43. The Morgan fingerprint density at radius 1 is 1.50 bits per heavy atom. The van der Waals surface area contributed by atoms with Gasteiger partial charge in [0.2, 0.25) is 0 Å². The van der Waals surface area contributed by atoms with Crippen LogP contribution in [-0.2, 0) is 6.42 Å². The van der Waals surface area contributed by atoms with Crippen molar-refractivity contribution in [1.82, 2.24) is 5.32 Å². The predicted molar refractivity (Wildman–Crippen MR) is 74.5 cm³/mol. The second-order valence-corrected chi connectivity index (χ2v) is 5.81. The smallest absolute Gasteiger partial charge is 0.127 e. The van der Waals surface area contributed by atoms with Crippen LogP contribution in [0.1, 0.15) is 32.3 Å². The Morgan fingerprint density at radius 2 is 2.22 bits per heavy atom. The van der Waals surface area contributed by atoms with Crippen molar-refractivity contribution in [2.45, 2.75) is 39.2 Å². The maximum Gasteiger partial charge on any atom is 0.127 e. The summed E-state index contributed by atoms with van der Waals surface area (Å²) in [6.07, 6.45) is 3.13. The van der Waals surface area contributed by atoms with Gasteiger partial charge in [-0.25, -0.2) is 4.39 Å². The molecular formula is C15H21ClFN. The lowest BCUT2D eigenvalue weighted by Gasteiger charge is -2.19. The molecule has 3 unspecified atom stereocenters. The minimum absolute atomic E-state index is 0.181. The van der Waals surface area contributed by atoms with Gasteiger partial charge in [0.1, 0.15) is 5.82 Å². The lowest BCUT2D eigenvalue weighted by atomic mass is 10.0. The molecule has 18 heavy (non-hydrogen) atoms. The number of nitrogens with one attached hydrogen (secondary N) is 1. The minimum atomic E-state index is -0.181. The molecule has 1 aromatic carbocycles. The van der Waals surface area contributed by atoms with E-state index in [0.717, 1.165) is 30.9 Å². The molecule has 1 aliphatic rings. The van der Waals surface area contributed by atoms with Crippen LogP contribution in [0.5, 0.6) is 0 Å². The molecule has 3 atom stereocenters. The Morgan fingerprint density at radius 3 is 2.78 bits per heavy atom. The summed E-state index contributed by atoms with van der Waals surface area (Å²) >= 11 is 5.78. The highest BCUT2D eigenvalue weighted by molar-refractivity contribution is 6.30. The third-order valence-corrected chi connectivity index (χ3v) is 4.04. The van der Waals surface area contributed by atoms with Crippen molar-refractivity contribution in [2.24, 2.45) is 11.8 Å². The molecular weight excluding hydrogens is 249 g/mol. The fourth-order valence-corrected chi connectivity index (χ4v) is 2.70. The molecule has 1 saturated carbocycles. The van der Waals surface area contributed by atoms with Gasteiger partial charge in [0, 0.05) is 11.1 Å². The van der Waals surface area contributed by atoms with Crippen LogP contribution < -0.4 is 5.32 Å². The summed E-state index contributed by atoms with van der Waals surface area (Å²) in [5.74, 6) is 1.29. The Balaban J connectivity index is 2.03. The predicted octanol–water partition coefficient (Wildman–Crippen LogP) is 4.05. The molecule has 1 nitrogen and oxygen atoms in total. The number of halogens is 2. The van der Waals surface area contributed by atoms with Gasteiger partial charge >= 0.3 is 0 Å². The maximum atomic E-state index is 13.8. The van der Waals surface area contributed by atoms with Gasteiger partial charge in [0.25, 0.3) is 0 Å². The van der Waals surface area contributed by atoms with Gasteiger partial charge in [-0.3, -0.25) is 0 Å². The summed E-state index contributed by atoms with van der Waals surface area (Å²) in [7, 11) is 0. The first-order valence-corrected chi connectivity index (χ1v) is 7.17. The molecule has 0 spiro atoms. The molecule has 0 aromatic heterocycles. The van der Waals surface area contributed by atoms with E-state index in [9.17, 15) is 4.39 Å². The standard InChI is InChI=1S/C15H21ClFN/c1-3-6-18-15(13-7-10(13)2)8-11-4-5-12(16)9-14(11)17/h4-5,9-10,13,15,18H,3,6-8H2,1-2H3. The lowest BCUT2D eigenvalue weighted by molar-refractivity contribution is 0.436. The van der Waals surface area contributed by atoms with Crippen LogP contribution in [0.4, 0.5) is 4.39 Å². The second kappa shape index (κ2) is 6.03. The molecule has 0 heterocycles. The van der Waals surface area contributed by atoms with E-state index in [1.807, 2.05) is 6.07 Å². The largest absolute Gasteiger partial charge is 0.313 e. The van der Waals surface area contributed by atoms with Crippen LogP contribution in [0, 0.1) is 17.7 Å². The molecule has 3 heteroatoms. The Kier molecular flexibility index (Phi) is 4.63. The molecule has 1 fully saturated rings. The second-order valence-electron chi connectivity index (χ2n) is 5.38. The Bertz CT molecular complexity index is 407. The minimum Gasteiger partial charge on any atom is -0.313 e. The van der Waals surface area contributed by atoms with Crippen molar-refractivity contribution in [2.75, 3.05) is 6.54 Å². The number of hydrogen-bond acceptors (Lipinski definition) is 1. The van der Waals surface area contributed by atoms with E-state index in [1.165, 1.54) is 12.5 Å². The molecule has 0 aliphatic heterocycles. The molecule has 100 valence electrons. The summed E-state index contributed by atoms with van der Waals surface area (Å²) in [4.78, 5) is 0. The van der Waals surface area contributed by atoms with E-state index in [4.69, 9.17) is 11.6 Å². The van der Waals surface area contributed by atoms with Crippen molar-refractivity contribution in [3.63, 3.8) is 0 Å². The third-order valence-electron chi connectivity index (χ3n) is 3.80. The van der Waals surface area contributed by atoms with Crippen LogP contribution >= 0.6 is 11.6 Å². The van der Waals surface area contributed by atoms with Gasteiger partial charge in [-0.1, -0.05) is 31.5 Å². The zero-order valence-corrected chi connectivity index (χ0v) is 11.8. The summed E-state index contributed by atoms with van der Waals surface area (Å²) in [5.41, 5.74) is 0.770. The van der Waals surface area contributed by atoms with Gasteiger partial charge in [-0.15, -0.1) is 0 Å². The topological polar surface area (TPSA) is 12.0 Å². The normalized spacial score (nSPS) is 24.0. The molecule has 0 bridgehead atoms. The average molecular weight is 270 g/mol. The van der Waals surface area contributed by atoms with Gasteiger partial charge in [0.05, 0.1) is 0 Å². The van der Waals surface area contributed by atoms with Crippen molar-refractivity contribution in [1.29, 1.82) is 0 Å². The SMILES string of the molecule is CCCNC(Cc1ccc(Cl)cc1F)C1CC1C. The quantitative estimate of drug-likeness (QED) is 0.822. The molecule has 1 aliphatic carbocycles. The molecule has 0 radical (unpaired) electrons. The number of benzene rings is 1. The van der Waals surface area contributed by atoms with E-state index in [-0.39, 0.29) is 5.82 Å². The van der Waals surface area contributed by atoms with Crippen molar-refractivity contribution in [3.8, 4) is 0 Å². The molecule has 0 amide bonds. The monoisotopic (exact) mass is 269 g/mol. The zero-order valence-electron chi connectivity index (χ0n) is 11.0. The zero-order chi connectivity index (χ0) is 13.1. The van der Waals surface area contributed by atoms with E-state index >= 15 is 0 Å². The Hall–Kier alpha value is -0.600. The fraction of sp³-hybridized carbons (Fsp3) is 0.600. The van der Waals surface area contributed by atoms with E-state index in [2.05, 4.69) is 19.2 Å². The highest BCUT2D eigenvalue weighted by atomic mass is 35.5. The van der Waals surface area contributed by atoms with Gasteiger partial charge < -0.3 is 5.32 Å². The highest BCUT2D eigenvalue weighted by Crippen LogP contribution is 2.41. The first-order chi connectivity index (χ1) is 8.61. The van der Waals surface area contributed by atoms with Crippen LogP contribution in [-0.4, -0.2) is 12.6 Å². The van der Waals surface area contributed by atoms with Gasteiger partial charge in [-0.2, -0.15) is 0 Å². The summed E-state index contributed by atoms with van der Waals surface area (Å²) < 4.78 is 13.8. The molecule has 1 N–H and O–H groups in total. The Labute approximate surface area is 114 Å². The lowest BCUT2D eigenvalue weighted by Crippen LogP contribution is -2.34. The van der Waals surface area contributed by atoms with Crippen molar-refractivity contribution < 1.29 is 4.39 Å². The van der Waals surface area contributed by atoms with Crippen molar-refractivity contribution in [3.05, 3.63) is 34.6 Å². The van der Waals surface area contributed by atoms with Crippen LogP contribution in [0.15, 0.2) is 18.2 Å². The summed E-state index contributed by atoms with van der Waals surface area (Å²) in [5, 5.41) is 4.02. The van der Waals surface area contributed by atoms with Gasteiger partial charge in [-0.05, 0) is 55.3 Å². The molecule has 2 rings (SSSR count). The first-order valence-electron chi connectivity index (χ1n) is 6.79. The molecule has 1 aromatic rings. The van der Waals surface area contributed by atoms with Crippen LogP contribution in [0.25, 0.3) is 0 Å². The van der Waals surface area contributed by atoms with Gasteiger partial charge in [0.15, 0.2) is 0 Å². The van der Waals surface area contributed by atoms with Crippen molar-refractivity contribution >= 4 is 11.6 Å². The van der Waals surface area contributed by atoms with Crippen LogP contribution in [0.3, 0.4) is 0 Å². The highest BCUT2D eigenvalue weighted by Gasteiger charge is 2.39. The van der Waals surface area contributed by atoms with Crippen LogP contribution in [0.2, 0.25) is 5.02 Å². The number of hydrogen-bond donors (Lipinski definition) is 1. The van der Waals surface area contributed by atoms with E-state index < -0.39 is 0 Å². The fourth-order valence-electron chi connectivity index (χ4n) is 2.54. The molecule has 0 saturated heterocycles. The average Bonchev–Trinajstić information content (AvgIpc) is 3.04. The van der Waals surface area contributed by atoms with E-state index in [0.29, 0.717) is 17.0 Å². The maximum absolute atomic E-state index is 13.8. The first kappa shape index (κ1) is 13.8. The number of rotatable bonds is 6.